The zero-order valence-electron chi connectivity index (χ0n) is 18.4. The van der Waals surface area contributed by atoms with Crippen LogP contribution >= 0.6 is 0 Å². The minimum atomic E-state index is -0.182. The zero-order valence-corrected chi connectivity index (χ0v) is 18.4. The highest BCUT2D eigenvalue weighted by atomic mass is 16.1. The number of nitrogens with zero attached hydrogens (tertiary/aromatic N) is 6. The van der Waals surface area contributed by atoms with Gasteiger partial charge in [0.25, 0.3) is 5.56 Å². The number of nitrogens with one attached hydrogen (secondary N) is 1. The van der Waals surface area contributed by atoms with Crippen LogP contribution in [0.5, 0.6) is 0 Å². The van der Waals surface area contributed by atoms with Crippen LogP contribution in [0.25, 0.3) is 5.65 Å². The maximum atomic E-state index is 12.2. The topological polar surface area (TPSA) is 88.3 Å². The third-order valence-electron chi connectivity index (χ3n) is 5.75. The van der Waals surface area contributed by atoms with Crippen molar-refractivity contribution in [2.24, 2.45) is 0 Å². The van der Waals surface area contributed by atoms with E-state index >= 15 is 0 Å². The predicted molar refractivity (Wildman–Crippen MR) is 125 cm³/mol. The lowest BCUT2D eigenvalue weighted by atomic mass is 10.0. The standard InChI is InChI=1S/C24H25N7O/c1-15(2)20-5-4-18(12-26-20)28-19-11-17-14-30(9-7-21(17)27-13-19)24-16(3)10-22-25-8-6-23(32)31(22)29-24/h4-6,8,10-13,15,28H,7,9,14H2,1-3H3. The van der Waals surface area contributed by atoms with Crippen molar-refractivity contribution in [2.75, 3.05) is 16.8 Å². The lowest BCUT2D eigenvalue weighted by molar-refractivity contribution is 0.686. The Kier molecular flexibility index (Phi) is 5.05. The van der Waals surface area contributed by atoms with Crippen molar-refractivity contribution in [1.82, 2.24) is 24.6 Å². The summed E-state index contributed by atoms with van der Waals surface area (Å²) in [5.41, 5.74) is 6.54. The number of hydrogen-bond donors (Lipinski definition) is 1. The minimum Gasteiger partial charge on any atom is -0.353 e. The van der Waals surface area contributed by atoms with Crippen molar-refractivity contribution < 1.29 is 0 Å². The molecule has 0 amide bonds. The summed E-state index contributed by atoms with van der Waals surface area (Å²) in [6, 6.07) is 9.56. The fraction of sp³-hybridized carbons (Fsp3) is 0.292. The largest absolute Gasteiger partial charge is 0.353 e. The second-order valence-electron chi connectivity index (χ2n) is 8.46. The quantitative estimate of drug-likeness (QED) is 0.532. The molecule has 0 spiro atoms. The first kappa shape index (κ1) is 20.1. The molecule has 0 atom stereocenters. The molecule has 5 rings (SSSR count). The molecule has 4 aromatic rings. The number of rotatable bonds is 4. The van der Waals surface area contributed by atoms with E-state index in [0.29, 0.717) is 18.1 Å². The highest BCUT2D eigenvalue weighted by Crippen LogP contribution is 2.27. The molecule has 0 aromatic carbocycles. The van der Waals surface area contributed by atoms with Crippen LogP contribution in [0, 0.1) is 6.92 Å². The van der Waals surface area contributed by atoms with Crippen molar-refractivity contribution in [3.63, 3.8) is 0 Å². The van der Waals surface area contributed by atoms with E-state index in [0.717, 1.165) is 52.7 Å². The summed E-state index contributed by atoms with van der Waals surface area (Å²) >= 11 is 0. The molecule has 8 nitrogen and oxygen atoms in total. The number of aromatic nitrogens is 5. The average molecular weight is 428 g/mol. The van der Waals surface area contributed by atoms with Gasteiger partial charge in [-0.2, -0.15) is 4.52 Å². The molecule has 162 valence electrons. The van der Waals surface area contributed by atoms with Crippen LogP contribution < -0.4 is 15.8 Å². The van der Waals surface area contributed by atoms with Crippen LogP contribution in [0.15, 0.2) is 53.7 Å². The summed E-state index contributed by atoms with van der Waals surface area (Å²) < 4.78 is 1.36. The monoisotopic (exact) mass is 427 g/mol. The van der Waals surface area contributed by atoms with E-state index in [2.05, 4.69) is 50.2 Å². The Hall–Kier alpha value is -3.81. The van der Waals surface area contributed by atoms with Crippen LogP contribution in [0.3, 0.4) is 0 Å². The van der Waals surface area contributed by atoms with E-state index in [9.17, 15) is 4.79 Å². The molecule has 0 saturated heterocycles. The van der Waals surface area contributed by atoms with E-state index in [1.807, 2.05) is 37.5 Å². The number of pyridine rings is 2. The fourth-order valence-electron chi connectivity index (χ4n) is 4.02. The summed E-state index contributed by atoms with van der Waals surface area (Å²) in [4.78, 5) is 27.9. The van der Waals surface area contributed by atoms with Crippen LogP contribution in [0.2, 0.25) is 0 Å². The third-order valence-corrected chi connectivity index (χ3v) is 5.75. The molecule has 1 aliphatic rings. The Morgan fingerprint density at radius 3 is 2.66 bits per heavy atom. The normalized spacial score (nSPS) is 13.4. The van der Waals surface area contributed by atoms with Gasteiger partial charge in [-0.1, -0.05) is 13.8 Å². The van der Waals surface area contributed by atoms with Gasteiger partial charge < -0.3 is 10.2 Å². The molecular weight excluding hydrogens is 402 g/mol. The molecular formula is C24H25N7O. The Balaban J connectivity index is 1.41. The Bertz CT molecular complexity index is 1350. The molecule has 1 aliphatic heterocycles. The van der Waals surface area contributed by atoms with E-state index in [-0.39, 0.29) is 5.56 Å². The summed E-state index contributed by atoms with van der Waals surface area (Å²) in [5, 5.41) is 8.01. The van der Waals surface area contributed by atoms with Gasteiger partial charge in [0.2, 0.25) is 0 Å². The number of aryl methyl sites for hydroxylation is 1. The first-order chi connectivity index (χ1) is 15.5. The summed E-state index contributed by atoms with van der Waals surface area (Å²) in [7, 11) is 0. The molecule has 4 aromatic heterocycles. The Morgan fingerprint density at radius 1 is 1.03 bits per heavy atom. The molecule has 0 radical (unpaired) electrons. The first-order valence-corrected chi connectivity index (χ1v) is 10.8. The van der Waals surface area contributed by atoms with Gasteiger partial charge in [0.15, 0.2) is 11.5 Å². The fourth-order valence-corrected chi connectivity index (χ4v) is 4.02. The van der Waals surface area contributed by atoms with Gasteiger partial charge in [-0.25, -0.2) is 4.98 Å². The van der Waals surface area contributed by atoms with E-state index in [1.54, 1.807) is 0 Å². The third kappa shape index (κ3) is 3.79. The highest BCUT2D eigenvalue weighted by molar-refractivity contribution is 5.60. The number of hydrogen-bond acceptors (Lipinski definition) is 7. The molecule has 5 heterocycles. The lowest BCUT2D eigenvalue weighted by Gasteiger charge is -2.30. The highest BCUT2D eigenvalue weighted by Gasteiger charge is 2.21. The zero-order chi connectivity index (χ0) is 22.2. The second-order valence-corrected chi connectivity index (χ2v) is 8.46. The second kappa shape index (κ2) is 8.03. The molecule has 1 N–H and O–H groups in total. The van der Waals surface area contributed by atoms with Crippen LogP contribution in [0.4, 0.5) is 17.2 Å². The van der Waals surface area contributed by atoms with E-state index in [1.165, 1.54) is 16.8 Å². The van der Waals surface area contributed by atoms with Gasteiger partial charge in [-0.05, 0) is 48.2 Å². The maximum absolute atomic E-state index is 12.2. The van der Waals surface area contributed by atoms with Gasteiger partial charge in [-0.3, -0.25) is 14.8 Å². The van der Waals surface area contributed by atoms with Gasteiger partial charge in [0.05, 0.1) is 23.8 Å². The maximum Gasteiger partial charge on any atom is 0.274 e. The summed E-state index contributed by atoms with van der Waals surface area (Å²) in [6.07, 6.45) is 6.06. The van der Waals surface area contributed by atoms with Gasteiger partial charge in [0.1, 0.15) is 0 Å². The van der Waals surface area contributed by atoms with Crippen molar-refractivity contribution >= 4 is 22.8 Å². The van der Waals surface area contributed by atoms with Crippen molar-refractivity contribution in [3.05, 3.63) is 81.8 Å². The molecule has 0 saturated carbocycles. The molecule has 32 heavy (non-hydrogen) atoms. The Morgan fingerprint density at radius 2 is 1.88 bits per heavy atom. The Labute approximate surface area is 186 Å². The van der Waals surface area contributed by atoms with Crippen LogP contribution in [-0.4, -0.2) is 31.1 Å². The predicted octanol–water partition coefficient (Wildman–Crippen LogP) is 3.62. The van der Waals surface area contributed by atoms with Crippen molar-refractivity contribution in [1.29, 1.82) is 0 Å². The average Bonchev–Trinajstić information content (AvgIpc) is 2.79. The van der Waals surface area contributed by atoms with Gasteiger partial charge in [-0.15, -0.1) is 5.10 Å². The SMILES string of the molecule is Cc1cc2nccc(=O)n2nc1N1CCc2ncc(Nc3ccc(C(C)C)nc3)cc2C1. The number of fused-ring (bicyclic) bond motifs is 2. The van der Waals surface area contributed by atoms with Gasteiger partial charge >= 0.3 is 0 Å². The van der Waals surface area contributed by atoms with Crippen LogP contribution in [0.1, 0.15) is 42.3 Å². The smallest absolute Gasteiger partial charge is 0.274 e. The molecule has 8 heteroatoms. The molecule has 0 unspecified atom stereocenters. The van der Waals surface area contributed by atoms with E-state index in [4.69, 9.17) is 0 Å². The summed E-state index contributed by atoms with van der Waals surface area (Å²) in [6.45, 7) is 7.74. The number of anilines is 3. The first-order valence-electron chi connectivity index (χ1n) is 10.8. The van der Waals surface area contributed by atoms with Crippen molar-refractivity contribution in [3.8, 4) is 0 Å². The molecule has 0 fully saturated rings. The van der Waals surface area contributed by atoms with Crippen LogP contribution in [-0.2, 0) is 13.0 Å². The minimum absolute atomic E-state index is 0.182. The molecule has 0 aliphatic carbocycles. The summed E-state index contributed by atoms with van der Waals surface area (Å²) in [5.74, 6) is 1.20. The van der Waals surface area contributed by atoms with Gasteiger partial charge in [0, 0.05) is 43.2 Å². The van der Waals surface area contributed by atoms with E-state index < -0.39 is 0 Å². The van der Waals surface area contributed by atoms with Crippen molar-refractivity contribution in [2.45, 2.75) is 39.7 Å². The molecule has 0 bridgehead atoms. The lowest BCUT2D eigenvalue weighted by Crippen LogP contribution is -2.33.